The van der Waals surface area contributed by atoms with Crippen LogP contribution in [0.3, 0.4) is 0 Å². The topological polar surface area (TPSA) is 64.7 Å². The normalized spacial score (nSPS) is 18.1. The Kier molecular flexibility index (Phi) is 6.42. The minimum absolute atomic E-state index is 0.0242. The fourth-order valence-corrected chi connectivity index (χ4v) is 3.51. The average Bonchev–Trinajstić information content (AvgIpc) is 2.65. The lowest BCUT2D eigenvalue weighted by Crippen LogP contribution is -2.44. The highest BCUT2D eigenvalue weighted by Crippen LogP contribution is 2.27. The first-order valence-electron chi connectivity index (χ1n) is 9.32. The Balaban J connectivity index is 1.38. The van der Waals surface area contributed by atoms with E-state index in [-0.39, 0.29) is 11.8 Å². The quantitative estimate of drug-likeness (QED) is 0.717. The SMILES string of the molecule is O=C(CCN1C(=O)CCc2ccccc21)NCCCN1CCNCC1. The molecule has 25 heavy (non-hydrogen) atoms. The lowest BCUT2D eigenvalue weighted by molar-refractivity contribution is -0.121. The maximum absolute atomic E-state index is 12.2. The van der Waals surface area contributed by atoms with Gasteiger partial charge in [0.25, 0.3) is 0 Å². The van der Waals surface area contributed by atoms with Crippen molar-refractivity contribution in [2.75, 3.05) is 50.7 Å². The Labute approximate surface area is 149 Å². The summed E-state index contributed by atoms with van der Waals surface area (Å²) in [5.41, 5.74) is 2.16. The van der Waals surface area contributed by atoms with Gasteiger partial charge in [0.2, 0.25) is 11.8 Å². The van der Waals surface area contributed by atoms with Gasteiger partial charge in [-0.1, -0.05) is 18.2 Å². The molecule has 2 aliphatic heterocycles. The third-order valence-corrected chi connectivity index (χ3v) is 4.94. The van der Waals surface area contributed by atoms with E-state index >= 15 is 0 Å². The number of aryl methyl sites for hydroxylation is 1. The molecule has 6 nitrogen and oxygen atoms in total. The average molecular weight is 344 g/mol. The van der Waals surface area contributed by atoms with Gasteiger partial charge in [-0.2, -0.15) is 0 Å². The highest BCUT2D eigenvalue weighted by Gasteiger charge is 2.23. The number of amides is 2. The Bertz CT molecular complexity index is 599. The summed E-state index contributed by atoms with van der Waals surface area (Å²) in [6.45, 7) is 6.47. The van der Waals surface area contributed by atoms with Crippen molar-refractivity contribution < 1.29 is 9.59 Å². The van der Waals surface area contributed by atoms with Gasteiger partial charge < -0.3 is 20.4 Å². The van der Waals surface area contributed by atoms with Crippen LogP contribution < -0.4 is 15.5 Å². The van der Waals surface area contributed by atoms with Gasteiger partial charge in [-0.15, -0.1) is 0 Å². The molecule has 1 fully saturated rings. The lowest BCUT2D eigenvalue weighted by atomic mass is 10.0. The molecule has 0 spiro atoms. The molecule has 0 bridgehead atoms. The number of rotatable bonds is 7. The molecule has 2 amide bonds. The standard InChI is InChI=1S/C19H28N4O2/c24-18(21-9-3-12-22-14-10-20-11-15-22)8-13-23-17-5-2-1-4-16(17)6-7-19(23)25/h1-2,4-5,20H,3,6-15H2,(H,21,24). The summed E-state index contributed by atoms with van der Waals surface area (Å²) >= 11 is 0. The van der Waals surface area contributed by atoms with Crippen LogP contribution in [0.4, 0.5) is 5.69 Å². The van der Waals surface area contributed by atoms with E-state index in [0.29, 0.717) is 25.9 Å². The van der Waals surface area contributed by atoms with E-state index in [1.54, 1.807) is 4.90 Å². The third kappa shape index (κ3) is 5.03. The van der Waals surface area contributed by atoms with Crippen LogP contribution in [-0.4, -0.2) is 62.5 Å². The van der Waals surface area contributed by atoms with Gasteiger partial charge >= 0.3 is 0 Å². The van der Waals surface area contributed by atoms with Crippen LogP contribution in [0.25, 0.3) is 0 Å². The van der Waals surface area contributed by atoms with Crippen molar-refractivity contribution in [2.24, 2.45) is 0 Å². The van der Waals surface area contributed by atoms with Crippen LogP contribution in [0.2, 0.25) is 0 Å². The van der Waals surface area contributed by atoms with Crippen LogP contribution in [0.5, 0.6) is 0 Å². The van der Waals surface area contributed by atoms with E-state index in [4.69, 9.17) is 0 Å². The molecule has 3 rings (SSSR count). The van der Waals surface area contributed by atoms with Crippen molar-refractivity contribution in [3.63, 3.8) is 0 Å². The van der Waals surface area contributed by atoms with E-state index in [0.717, 1.165) is 51.3 Å². The summed E-state index contributed by atoms with van der Waals surface area (Å²) in [6, 6.07) is 7.97. The molecule has 1 aromatic rings. The second-order valence-corrected chi connectivity index (χ2v) is 6.72. The van der Waals surface area contributed by atoms with Gasteiger partial charge in [0.15, 0.2) is 0 Å². The van der Waals surface area contributed by atoms with Gasteiger partial charge in [0.1, 0.15) is 0 Å². The molecular formula is C19H28N4O2. The van der Waals surface area contributed by atoms with Crippen molar-refractivity contribution in [1.82, 2.24) is 15.5 Å². The maximum Gasteiger partial charge on any atom is 0.227 e. The van der Waals surface area contributed by atoms with Gasteiger partial charge in [-0.3, -0.25) is 9.59 Å². The molecule has 0 saturated carbocycles. The zero-order valence-corrected chi connectivity index (χ0v) is 14.8. The van der Waals surface area contributed by atoms with E-state index < -0.39 is 0 Å². The van der Waals surface area contributed by atoms with Gasteiger partial charge in [0, 0.05) is 57.8 Å². The Morgan fingerprint density at radius 2 is 1.92 bits per heavy atom. The molecular weight excluding hydrogens is 316 g/mol. The summed E-state index contributed by atoms with van der Waals surface area (Å²) in [4.78, 5) is 28.5. The number of benzene rings is 1. The fourth-order valence-electron chi connectivity index (χ4n) is 3.51. The van der Waals surface area contributed by atoms with E-state index in [1.807, 2.05) is 18.2 Å². The molecule has 0 radical (unpaired) electrons. The Morgan fingerprint density at radius 3 is 2.76 bits per heavy atom. The summed E-state index contributed by atoms with van der Waals surface area (Å²) in [7, 11) is 0. The number of nitrogens with zero attached hydrogens (tertiary/aromatic N) is 2. The van der Waals surface area contributed by atoms with Crippen molar-refractivity contribution in [1.29, 1.82) is 0 Å². The monoisotopic (exact) mass is 344 g/mol. The van der Waals surface area contributed by atoms with Crippen molar-refractivity contribution >= 4 is 17.5 Å². The van der Waals surface area contributed by atoms with Crippen molar-refractivity contribution in [3.8, 4) is 0 Å². The molecule has 2 heterocycles. The molecule has 6 heteroatoms. The van der Waals surface area contributed by atoms with Crippen LogP contribution in [0.15, 0.2) is 24.3 Å². The molecule has 1 saturated heterocycles. The molecule has 1 aromatic carbocycles. The Morgan fingerprint density at radius 1 is 1.12 bits per heavy atom. The van der Waals surface area contributed by atoms with Crippen LogP contribution in [0.1, 0.15) is 24.8 Å². The zero-order valence-electron chi connectivity index (χ0n) is 14.8. The predicted molar refractivity (Wildman–Crippen MR) is 98.7 cm³/mol. The number of para-hydroxylation sites is 1. The summed E-state index contributed by atoms with van der Waals surface area (Å²) < 4.78 is 0. The smallest absolute Gasteiger partial charge is 0.227 e. The van der Waals surface area contributed by atoms with Crippen molar-refractivity contribution in [2.45, 2.75) is 25.7 Å². The van der Waals surface area contributed by atoms with Crippen molar-refractivity contribution in [3.05, 3.63) is 29.8 Å². The molecule has 0 atom stereocenters. The number of carbonyl (C=O) groups excluding carboxylic acids is 2. The van der Waals surface area contributed by atoms with E-state index in [2.05, 4.69) is 21.6 Å². The predicted octanol–water partition coefficient (Wildman–Crippen LogP) is 0.767. The van der Waals surface area contributed by atoms with Gasteiger partial charge in [-0.05, 0) is 31.0 Å². The first-order valence-corrected chi connectivity index (χ1v) is 9.32. The van der Waals surface area contributed by atoms with Gasteiger partial charge in [-0.25, -0.2) is 0 Å². The molecule has 0 aromatic heterocycles. The second kappa shape index (κ2) is 8.97. The minimum atomic E-state index is 0.0242. The number of fused-ring (bicyclic) bond motifs is 1. The zero-order chi connectivity index (χ0) is 17.5. The second-order valence-electron chi connectivity index (χ2n) is 6.72. The molecule has 0 unspecified atom stereocenters. The van der Waals surface area contributed by atoms with Crippen LogP contribution in [0, 0.1) is 0 Å². The number of carbonyl (C=O) groups is 2. The summed E-state index contributed by atoms with van der Waals surface area (Å²) in [5.74, 6) is 0.140. The number of hydrogen-bond acceptors (Lipinski definition) is 4. The van der Waals surface area contributed by atoms with Crippen LogP contribution >= 0.6 is 0 Å². The lowest BCUT2D eigenvalue weighted by Gasteiger charge is -2.29. The molecule has 2 aliphatic rings. The van der Waals surface area contributed by atoms with Gasteiger partial charge in [0.05, 0.1) is 0 Å². The number of hydrogen-bond donors (Lipinski definition) is 2. The highest BCUT2D eigenvalue weighted by molar-refractivity contribution is 5.96. The number of nitrogens with one attached hydrogen (secondary N) is 2. The first-order chi connectivity index (χ1) is 12.2. The summed E-state index contributed by atoms with van der Waals surface area (Å²) in [5, 5.41) is 6.32. The number of piperazine rings is 1. The largest absolute Gasteiger partial charge is 0.356 e. The minimum Gasteiger partial charge on any atom is -0.356 e. The third-order valence-electron chi connectivity index (χ3n) is 4.94. The molecule has 2 N–H and O–H groups in total. The fraction of sp³-hybridized carbons (Fsp3) is 0.579. The molecule has 0 aliphatic carbocycles. The Hall–Kier alpha value is -1.92. The molecule has 136 valence electrons. The highest BCUT2D eigenvalue weighted by atomic mass is 16.2. The summed E-state index contributed by atoms with van der Waals surface area (Å²) in [6.07, 6.45) is 2.65. The maximum atomic E-state index is 12.2. The van der Waals surface area contributed by atoms with Crippen LogP contribution in [-0.2, 0) is 16.0 Å². The first kappa shape index (κ1) is 17.9. The van der Waals surface area contributed by atoms with E-state index in [9.17, 15) is 9.59 Å². The van der Waals surface area contributed by atoms with E-state index in [1.165, 1.54) is 5.56 Å². The number of anilines is 1.